The molecular formula is C35H29N2+. The Kier molecular flexibility index (Phi) is 5.07. The van der Waals surface area contributed by atoms with Crippen LogP contribution in [0.5, 0.6) is 0 Å². The molecule has 0 unspecified atom stereocenters. The Bertz CT molecular complexity index is 1680. The number of fused-ring (bicyclic) bond motifs is 4. The number of hydrogen-bond donors (Lipinski definition) is 0. The number of rotatable bonds is 4. The van der Waals surface area contributed by atoms with E-state index < -0.39 is 0 Å². The third-order valence-corrected chi connectivity index (χ3v) is 8.03. The van der Waals surface area contributed by atoms with Crippen molar-refractivity contribution < 1.29 is 4.57 Å². The van der Waals surface area contributed by atoms with Crippen molar-refractivity contribution in [3.63, 3.8) is 0 Å². The fourth-order valence-corrected chi connectivity index (χ4v) is 6.14. The molecule has 7 aromatic rings. The molecule has 0 spiro atoms. The van der Waals surface area contributed by atoms with Crippen LogP contribution in [0.4, 0.5) is 0 Å². The van der Waals surface area contributed by atoms with Gasteiger partial charge in [-0.05, 0) is 69.1 Å². The van der Waals surface area contributed by atoms with Crippen LogP contribution >= 0.6 is 0 Å². The summed E-state index contributed by atoms with van der Waals surface area (Å²) in [4.78, 5) is 0. The molecule has 0 saturated heterocycles. The second-order valence-electron chi connectivity index (χ2n) is 10.1. The van der Waals surface area contributed by atoms with E-state index in [4.69, 9.17) is 0 Å². The summed E-state index contributed by atoms with van der Waals surface area (Å²) in [6, 6.07) is 40.1. The summed E-state index contributed by atoms with van der Waals surface area (Å²) >= 11 is 0. The Morgan fingerprint density at radius 1 is 0.541 bits per heavy atom. The van der Waals surface area contributed by atoms with Gasteiger partial charge in [0.15, 0.2) is 0 Å². The molecule has 0 radical (unpaired) electrons. The van der Waals surface area contributed by atoms with E-state index in [9.17, 15) is 0 Å². The summed E-state index contributed by atoms with van der Waals surface area (Å²) in [5.41, 5.74) is 2.75. The molecule has 2 atom stereocenters. The molecule has 0 saturated carbocycles. The standard InChI is InChI=1S/C35H29N2/c1-24(34-30-15-7-3-11-26(30)21-27-12-4-8-16-31(27)34)36-19-20-37(23-36)25(2)35-32-17-9-5-13-28(32)22-29-14-6-10-18-33(29)35/h3-25H,1-2H3/q+1/t24-,25-/m1/s1. The lowest BCUT2D eigenvalue weighted by atomic mass is 9.92. The zero-order valence-electron chi connectivity index (χ0n) is 21.2. The van der Waals surface area contributed by atoms with Gasteiger partial charge in [-0.3, -0.25) is 0 Å². The van der Waals surface area contributed by atoms with Crippen LogP contribution in [0.2, 0.25) is 0 Å². The minimum atomic E-state index is 0.189. The Morgan fingerprint density at radius 3 is 1.41 bits per heavy atom. The van der Waals surface area contributed by atoms with E-state index in [2.05, 4.69) is 151 Å². The predicted octanol–water partition coefficient (Wildman–Crippen LogP) is 8.61. The van der Waals surface area contributed by atoms with Crippen LogP contribution in [-0.2, 0) is 0 Å². The third-order valence-electron chi connectivity index (χ3n) is 8.03. The second kappa shape index (κ2) is 8.60. The lowest BCUT2D eigenvalue weighted by Crippen LogP contribution is -2.36. The zero-order valence-corrected chi connectivity index (χ0v) is 21.2. The molecule has 0 amide bonds. The minimum Gasteiger partial charge on any atom is -0.230 e. The van der Waals surface area contributed by atoms with Gasteiger partial charge in [-0.2, -0.15) is 0 Å². The molecule has 178 valence electrons. The molecule has 37 heavy (non-hydrogen) atoms. The van der Waals surface area contributed by atoms with Crippen molar-refractivity contribution in [1.82, 2.24) is 4.57 Å². The van der Waals surface area contributed by atoms with Crippen LogP contribution in [0, 0.1) is 0 Å². The van der Waals surface area contributed by atoms with Gasteiger partial charge in [-0.25, -0.2) is 9.13 Å². The highest BCUT2D eigenvalue weighted by Gasteiger charge is 2.23. The molecule has 0 fully saturated rings. The van der Waals surface area contributed by atoms with Crippen LogP contribution in [0.3, 0.4) is 0 Å². The van der Waals surface area contributed by atoms with E-state index in [-0.39, 0.29) is 12.1 Å². The van der Waals surface area contributed by atoms with Gasteiger partial charge in [-0.1, -0.05) is 97.1 Å². The van der Waals surface area contributed by atoms with Gasteiger partial charge in [0, 0.05) is 11.1 Å². The molecule has 6 aromatic carbocycles. The lowest BCUT2D eigenvalue weighted by molar-refractivity contribution is -0.709. The van der Waals surface area contributed by atoms with Gasteiger partial charge < -0.3 is 0 Å². The van der Waals surface area contributed by atoms with E-state index in [1.807, 2.05) is 0 Å². The largest absolute Gasteiger partial charge is 0.244 e. The number of benzene rings is 6. The predicted molar refractivity (Wildman–Crippen MR) is 155 cm³/mol. The van der Waals surface area contributed by atoms with Crippen molar-refractivity contribution in [2.45, 2.75) is 25.9 Å². The first-order chi connectivity index (χ1) is 18.2. The maximum absolute atomic E-state index is 2.36. The van der Waals surface area contributed by atoms with Crippen molar-refractivity contribution in [3.05, 3.63) is 139 Å². The molecule has 0 aliphatic heterocycles. The van der Waals surface area contributed by atoms with Gasteiger partial charge in [0.1, 0.15) is 24.5 Å². The molecule has 7 rings (SSSR count). The molecule has 1 aromatic heterocycles. The quantitative estimate of drug-likeness (QED) is 0.177. The topological polar surface area (TPSA) is 8.81 Å². The molecule has 2 heteroatoms. The first kappa shape index (κ1) is 21.8. The van der Waals surface area contributed by atoms with E-state index in [1.54, 1.807) is 0 Å². The summed E-state index contributed by atoms with van der Waals surface area (Å²) in [6.45, 7) is 4.63. The number of imidazole rings is 1. The molecule has 0 aliphatic carbocycles. The van der Waals surface area contributed by atoms with Crippen LogP contribution in [0.15, 0.2) is 128 Å². The van der Waals surface area contributed by atoms with Gasteiger partial charge >= 0.3 is 0 Å². The normalized spacial score (nSPS) is 13.5. The fourth-order valence-electron chi connectivity index (χ4n) is 6.14. The summed E-state index contributed by atoms with van der Waals surface area (Å²) in [5, 5.41) is 10.4. The van der Waals surface area contributed by atoms with Gasteiger partial charge in [0.2, 0.25) is 6.33 Å². The van der Waals surface area contributed by atoms with E-state index in [0.717, 1.165) is 0 Å². The summed E-state index contributed by atoms with van der Waals surface area (Å²) < 4.78 is 4.72. The van der Waals surface area contributed by atoms with Crippen molar-refractivity contribution >= 4 is 43.1 Å². The van der Waals surface area contributed by atoms with Gasteiger partial charge in [0.05, 0.1) is 0 Å². The number of aromatic nitrogens is 2. The van der Waals surface area contributed by atoms with Crippen molar-refractivity contribution in [1.29, 1.82) is 0 Å². The average molecular weight is 478 g/mol. The van der Waals surface area contributed by atoms with Crippen LogP contribution < -0.4 is 4.57 Å². The summed E-state index contributed by atoms with van der Waals surface area (Å²) in [6.07, 6.45) is 6.73. The molecule has 2 nitrogen and oxygen atoms in total. The Hall–Kier alpha value is -4.43. The first-order valence-electron chi connectivity index (χ1n) is 13.1. The van der Waals surface area contributed by atoms with Crippen LogP contribution in [-0.4, -0.2) is 4.57 Å². The van der Waals surface area contributed by atoms with Crippen molar-refractivity contribution in [2.24, 2.45) is 0 Å². The van der Waals surface area contributed by atoms with Crippen molar-refractivity contribution in [3.8, 4) is 0 Å². The van der Waals surface area contributed by atoms with Crippen LogP contribution in [0.25, 0.3) is 43.1 Å². The maximum Gasteiger partial charge on any atom is 0.244 e. The molecule has 0 aliphatic rings. The summed E-state index contributed by atoms with van der Waals surface area (Å²) in [7, 11) is 0. The minimum absolute atomic E-state index is 0.189. The van der Waals surface area contributed by atoms with Gasteiger partial charge in [-0.15, -0.1) is 0 Å². The average Bonchev–Trinajstić information content (AvgIpc) is 3.44. The van der Waals surface area contributed by atoms with E-state index in [0.29, 0.717) is 0 Å². The highest BCUT2D eigenvalue weighted by molar-refractivity contribution is 6.03. The number of hydrogen-bond acceptors (Lipinski definition) is 0. The monoisotopic (exact) mass is 477 g/mol. The van der Waals surface area contributed by atoms with Gasteiger partial charge in [0.25, 0.3) is 0 Å². The molecule has 0 N–H and O–H groups in total. The third kappa shape index (κ3) is 3.52. The Morgan fingerprint density at radius 2 is 0.946 bits per heavy atom. The highest BCUT2D eigenvalue weighted by atomic mass is 15.1. The smallest absolute Gasteiger partial charge is 0.230 e. The van der Waals surface area contributed by atoms with Crippen LogP contribution in [0.1, 0.15) is 37.1 Å². The summed E-state index contributed by atoms with van der Waals surface area (Å²) in [5.74, 6) is 0. The van der Waals surface area contributed by atoms with E-state index in [1.165, 1.54) is 54.2 Å². The Labute approximate surface area is 217 Å². The van der Waals surface area contributed by atoms with Crippen molar-refractivity contribution in [2.75, 3.05) is 0 Å². The lowest BCUT2D eigenvalue weighted by Gasteiger charge is -2.17. The first-order valence-corrected chi connectivity index (χ1v) is 13.1. The second-order valence-corrected chi connectivity index (χ2v) is 10.1. The molecule has 1 heterocycles. The van der Waals surface area contributed by atoms with E-state index >= 15 is 0 Å². The fraction of sp³-hybridized carbons (Fsp3) is 0.114. The Balaban J connectivity index is 1.37. The molecular weight excluding hydrogens is 448 g/mol. The highest BCUT2D eigenvalue weighted by Crippen LogP contribution is 2.35. The number of nitrogens with zero attached hydrogens (tertiary/aromatic N) is 2. The maximum atomic E-state index is 2.36. The SMILES string of the molecule is C[C@H](c1c2ccccc2cc2ccccc12)n1cc[n+]([C@H](C)c2c3ccccc3cc3ccccc23)c1. The zero-order chi connectivity index (χ0) is 24.9. The molecule has 0 bridgehead atoms.